The van der Waals surface area contributed by atoms with Crippen LogP contribution in [0.2, 0.25) is 0 Å². The van der Waals surface area contributed by atoms with Crippen LogP contribution in [0, 0.1) is 17.2 Å². The number of hydrogen-bond acceptors (Lipinski definition) is 10. The molecule has 242 valence electrons. The lowest BCUT2D eigenvalue weighted by Gasteiger charge is -2.41. The van der Waals surface area contributed by atoms with Crippen LogP contribution in [-0.2, 0) is 9.53 Å². The Morgan fingerprint density at radius 3 is 2.59 bits per heavy atom. The Morgan fingerprint density at radius 1 is 1.11 bits per heavy atom. The molecule has 3 saturated heterocycles. The summed E-state index contributed by atoms with van der Waals surface area (Å²) < 4.78 is 17.5. The number of nitrogens with one attached hydrogen (secondary N) is 1. The number of hydrogen-bond donors (Lipinski definition) is 2. The predicted octanol–water partition coefficient (Wildman–Crippen LogP) is 4.34. The first kappa shape index (κ1) is 31.7. The number of amides is 1. The standard InChI is InChI=1S/C35H42N6O5/c1-22-19-41(34(43)23(2)42)15-11-31(22)46-32-7-4-25(16-26(32)18-36)30-8-12-37-35(39-30)38-27-5-6-29(33(17-27)44-3)24-9-13-40(14-10-24)28-20-45-21-28/h4-8,12,16-17,22-24,28,31,42H,9-11,13-15,19-21H2,1-3H3,(H,37,38,39)/t22-,23-,31+/m0/s1. The van der Waals surface area contributed by atoms with Crippen molar-refractivity contribution in [3.05, 3.63) is 59.8 Å². The molecule has 2 aromatic carbocycles. The zero-order valence-corrected chi connectivity index (χ0v) is 26.7. The number of carbonyl (C=O) groups excluding carboxylic acids is 1. The van der Waals surface area contributed by atoms with Crippen LogP contribution >= 0.6 is 0 Å². The van der Waals surface area contributed by atoms with Gasteiger partial charge in [-0.2, -0.15) is 5.26 Å². The molecule has 0 aliphatic carbocycles. The number of ether oxygens (including phenoxy) is 3. The average molecular weight is 627 g/mol. The lowest BCUT2D eigenvalue weighted by molar-refractivity contribution is -0.142. The molecule has 4 heterocycles. The van der Waals surface area contributed by atoms with Gasteiger partial charge in [0.25, 0.3) is 5.91 Å². The van der Waals surface area contributed by atoms with E-state index < -0.39 is 6.10 Å². The molecule has 46 heavy (non-hydrogen) atoms. The first-order valence-electron chi connectivity index (χ1n) is 16.1. The van der Waals surface area contributed by atoms with Gasteiger partial charge in [-0.3, -0.25) is 9.69 Å². The van der Waals surface area contributed by atoms with E-state index in [1.165, 1.54) is 12.5 Å². The van der Waals surface area contributed by atoms with Gasteiger partial charge in [-0.1, -0.05) is 13.0 Å². The highest BCUT2D eigenvalue weighted by Gasteiger charge is 2.33. The summed E-state index contributed by atoms with van der Waals surface area (Å²) in [7, 11) is 1.71. The number of carbonyl (C=O) groups is 1. The summed E-state index contributed by atoms with van der Waals surface area (Å²) in [5.41, 5.74) is 3.91. The van der Waals surface area contributed by atoms with Gasteiger partial charge in [0.2, 0.25) is 5.95 Å². The number of anilines is 2. The van der Waals surface area contributed by atoms with E-state index in [-0.39, 0.29) is 17.9 Å². The van der Waals surface area contributed by atoms with E-state index in [9.17, 15) is 15.2 Å². The fourth-order valence-electron chi connectivity index (χ4n) is 6.65. The fraction of sp³-hybridized carbons (Fsp3) is 0.486. The van der Waals surface area contributed by atoms with Crippen molar-refractivity contribution in [1.29, 1.82) is 5.26 Å². The second kappa shape index (κ2) is 14.0. The van der Waals surface area contributed by atoms with Gasteiger partial charge in [0.15, 0.2) is 0 Å². The summed E-state index contributed by atoms with van der Waals surface area (Å²) in [5, 5.41) is 22.9. The molecule has 3 aromatic rings. The second-order valence-corrected chi connectivity index (χ2v) is 12.6. The predicted molar refractivity (Wildman–Crippen MR) is 173 cm³/mol. The van der Waals surface area contributed by atoms with Crippen LogP contribution in [0.15, 0.2) is 48.7 Å². The Kier molecular flexibility index (Phi) is 9.68. The molecule has 3 aliphatic rings. The second-order valence-electron chi connectivity index (χ2n) is 12.6. The Bertz CT molecular complexity index is 1580. The van der Waals surface area contributed by atoms with Crippen molar-refractivity contribution in [3.8, 4) is 28.8 Å². The monoisotopic (exact) mass is 626 g/mol. The lowest BCUT2D eigenvalue weighted by Crippen LogP contribution is -2.51. The molecule has 0 saturated carbocycles. The molecule has 1 aromatic heterocycles. The van der Waals surface area contributed by atoms with Gasteiger partial charge < -0.3 is 29.5 Å². The van der Waals surface area contributed by atoms with Crippen LogP contribution < -0.4 is 14.8 Å². The van der Waals surface area contributed by atoms with Crippen LogP contribution in [0.4, 0.5) is 11.6 Å². The van der Waals surface area contributed by atoms with Gasteiger partial charge in [-0.05, 0) is 74.7 Å². The number of aromatic nitrogens is 2. The number of rotatable bonds is 9. The van der Waals surface area contributed by atoms with E-state index >= 15 is 0 Å². The van der Waals surface area contributed by atoms with E-state index in [2.05, 4.69) is 27.3 Å². The summed E-state index contributed by atoms with van der Waals surface area (Å²) in [4.78, 5) is 25.6. The molecular formula is C35H42N6O5. The van der Waals surface area contributed by atoms with Gasteiger partial charge in [0.1, 0.15) is 29.8 Å². The normalized spacial score (nSPS) is 21.6. The summed E-state index contributed by atoms with van der Waals surface area (Å²) in [6.45, 7) is 8.36. The van der Waals surface area contributed by atoms with Crippen LogP contribution in [0.5, 0.6) is 11.5 Å². The lowest BCUT2D eigenvalue weighted by atomic mass is 9.88. The maximum atomic E-state index is 12.2. The van der Waals surface area contributed by atoms with Crippen molar-refractivity contribution >= 4 is 17.5 Å². The molecule has 0 unspecified atom stereocenters. The highest BCUT2D eigenvalue weighted by atomic mass is 16.5. The number of aliphatic hydroxyl groups is 1. The van der Waals surface area contributed by atoms with E-state index in [1.807, 2.05) is 31.2 Å². The fourth-order valence-corrected chi connectivity index (χ4v) is 6.65. The molecule has 3 aliphatic heterocycles. The number of likely N-dealkylation sites (tertiary alicyclic amines) is 2. The maximum Gasteiger partial charge on any atom is 0.251 e. The van der Waals surface area contributed by atoms with Crippen molar-refractivity contribution in [3.63, 3.8) is 0 Å². The third kappa shape index (κ3) is 6.94. The third-order valence-corrected chi connectivity index (χ3v) is 9.42. The van der Waals surface area contributed by atoms with Gasteiger partial charge in [-0.25, -0.2) is 9.97 Å². The SMILES string of the molecule is COc1cc(Nc2nccc(-c3ccc(O[C@@H]4CCN(C(=O)[C@H](C)O)C[C@@H]4C)c(C#N)c3)n2)ccc1C1CCN(C2COC2)CC1. The maximum absolute atomic E-state index is 12.2. The summed E-state index contributed by atoms with van der Waals surface area (Å²) in [6, 6.07) is 16.3. The van der Waals surface area contributed by atoms with Gasteiger partial charge >= 0.3 is 0 Å². The van der Waals surface area contributed by atoms with Crippen molar-refractivity contribution in [2.24, 2.45) is 5.92 Å². The van der Waals surface area contributed by atoms with Gasteiger partial charge in [-0.15, -0.1) is 0 Å². The number of methoxy groups -OCH3 is 1. The van der Waals surface area contributed by atoms with E-state index in [4.69, 9.17) is 19.2 Å². The first-order valence-corrected chi connectivity index (χ1v) is 16.1. The average Bonchev–Trinajstić information content (AvgIpc) is 3.05. The summed E-state index contributed by atoms with van der Waals surface area (Å²) in [6.07, 6.45) is 3.34. The van der Waals surface area contributed by atoms with E-state index in [1.54, 1.807) is 30.3 Å². The molecule has 11 heteroatoms. The number of nitriles is 1. The van der Waals surface area contributed by atoms with Crippen molar-refractivity contribution in [2.45, 2.75) is 57.3 Å². The minimum atomic E-state index is -1.02. The molecule has 2 N–H and O–H groups in total. The Balaban J connectivity index is 1.11. The van der Waals surface area contributed by atoms with Gasteiger partial charge in [0.05, 0.1) is 37.6 Å². The minimum absolute atomic E-state index is 0.0476. The zero-order chi connectivity index (χ0) is 32.2. The molecule has 0 bridgehead atoms. The van der Waals surface area contributed by atoms with Gasteiger partial charge in [0, 0.05) is 48.9 Å². The molecule has 0 radical (unpaired) electrons. The molecule has 1 amide bonds. The number of nitrogens with zero attached hydrogens (tertiary/aromatic N) is 5. The molecule has 6 rings (SSSR count). The molecular weight excluding hydrogens is 584 g/mol. The third-order valence-electron chi connectivity index (χ3n) is 9.42. The molecule has 3 fully saturated rings. The molecule has 0 spiro atoms. The number of benzene rings is 2. The zero-order valence-electron chi connectivity index (χ0n) is 26.7. The van der Waals surface area contributed by atoms with Crippen LogP contribution in [0.1, 0.15) is 50.2 Å². The highest BCUT2D eigenvalue weighted by Crippen LogP contribution is 2.37. The van der Waals surface area contributed by atoms with Crippen molar-refractivity contribution in [1.82, 2.24) is 19.8 Å². The molecule has 3 atom stereocenters. The highest BCUT2D eigenvalue weighted by molar-refractivity contribution is 5.80. The minimum Gasteiger partial charge on any atom is -0.496 e. The van der Waals surface area contributed by atoms with Crippen LogP contribution in [0.3, 0.4) is 0 Å². The van der Waals surface area contributed by atoms with Crippen molar-refractivity contribution in [2.75, 3.05) is 51.8 Å². The van der Waals surface area contributed by atoms with E-state index in [0.717, 1.165) is 56.1 Å². The Morgan fingerprint density at radius 2 is 1.91 bits per heavy atom. The smallest absolute Gasteiger partial charge is 0.251 e. The summed E-state index contributed by atoms with van der Waals surface area (Å²) in [5.74, 6) is 2.03. The Labute approximate surface area is 270 Å². The van der Waals surface area contributed by atoms with E-state index in [0.29, 0.717) is 54.4 Å². The first-order chi connectivity index (χ1) is 22.3. The quantitative estimate of drug-likeness (QED) is 0.353. The van der Waals surface area contributed by atoms with Crippen LogP contribution in [0.25, 0.3) is 11.3 Å². The van der Waals surface area contributed by atoms with Crippen LogP contribution in [-0.4, -0.2) is 95.5 Å². The topological polar surface area (TPSA) is 133 Å². The number of piperidine rings is 2. The molecule has 11 nitrogen and oxygen atoms in total. The summed E-state index contributed by atoms with van der Waals surface area (Å²) >= 11 is 0. The number of aliphatic hydroxyl groups excluding tert-OH is 1. The van der Waals surface area contributed by atoms with Crippen molar-refractivity contribution < 1.29 is 24.1 Å². The Hall–Kier alpha value is -4.24. The largest absolute Gasteiger partial charge is 0.496 e.